The third-order valence-electron chi connectivity index (χ3n) is 5.88. The average Bonchev–Trinajstić information content (AvgIpc) is 3.24. The Labute approximate surface area is 169 Å². The molecule has 1 aromatic heterocycles. The van der Waals surface area contributed by atoms with Crippen LogP contribution in [0.3, 0.4) is 0 Å². The van der Waals surface area contributed by atoms with Crippen molar-refractivity contribution < 1.29 is 19.1 Å². The Hall–Kier alpha value is -3.16. The van der Waals surface area contributed by atoms with E-state index in [1.807, 2.05) is 18.2 Å². The minimum Gasteiger partial charge on any atom is -0.497 e. The summed E-state index contributed by atoms with van der Waals surface area (Å²) in [5.74, 6) is 0.347. The zero-order chi connectivity index (χ0) is 20.6. The third kappa shape index (κ3) is 3.28. The quantitative estimate of drug-likeness (QED) is 0.776. The lowest BCUT2D eigenvalue weighted by Crippen LogP contribution is -2.54. The van der Waals surface area contributed by atoms with Crippen LogP contribution in [0.5, 0.6) is 5.75 Å². The number of ether oxygens (including phenoxy) is 2. The third-order valence-corrected chi connectivity index (χ3v) is 5.88. The molecule has 0 aliphatic carbocycles. The molecular weight excluding hydrogens is 372 g/mol. The number of esters is 1. The Morgan fingerprint density at radius 1 is 1.21 bits per heavy atom. The number of urea groups is 1. The summed E-state index contributed by atoms with van der Waals surface area (Å²) < 4.78 is 12.3. The zero-order valence-corrected chi connectivity index (χ0v) is 16.9. The maximum absolute atomic E-state index is 12.5. The highest BCUT2D eigenvalue weighted by Crippen LogP contribution is 2.44. The Kier molecular flexibility index (Phi) is 4.86. The second-order valence-corrected chi connectivity index (χ2v) is 7.54. The zero-order valence-electron chi connectivity index (χ0n) is 16.9. The number of rotatable bonds is 3. The first-order valence-electron chi connectivity index (χ1n) is 9.75. The second-order valence-electron chi connectivity index (χ2n) is 7.54. The van der Waals surface area contributed by atoms with E-state index in [4.69, 9.17) is 4.74 Å². The van der Waals surface area contributed by atoms with Crippen LogP contribution in [0.2, 0.25) is 0 Å². The summed E-state index contributed by atoms with van der Waals surface area (Å²) in [5, 5.41) is 6.43. The van der Waals surface area contributed by atoms with Crippen molar-refractivity contribution in [2.24, 2.45) is 0 Å². The number of fused-ring (bicyclic) bond motifs is 4. The van der Waals surface area contributed by atoms with Crippen LogP contribution in [0.1, 0.15) is 25.5 Å². The van der Waals surface area contributed by atoms with Gasteiger partial charge in [-0.15, -0.1) is 0 Å². The summed E-state index contributed by atoms with van der Waals surface area (Å²) in [7, 11) is 2.97. The number of anilines is 1. The van der Waals surface area contributed by atoms with E-state index in [2.05, 4.69) is 38.3 Å². The molecule has 1 fully saturated rings. The molecule has 2 aliphatic heterocycles. The highest BCUT2D eigenvalue weighted by atomic mass is 16.5. The van der Waals surface area contributed by atoms with Crippen molar-refractivity contribution in [2.45, 2.75) is 31.3 Å². The van der Waals surface area contributed by atoms with Crippen molar-refractivity contribution in [2.75, 3.05) is 32.6 Å². The van der Waals surface area contributed by atoms with Crippen LogP contribution in [0.25, 0.3) is 5.69 Å². The van der Waals surface area contributed by atoms with E-state index in [9.17, 15) is 9.59 Å². The molecule has 154 valence electrons. The van der Waals surface area contributed by atoms with Crippen molar-refractivity contribution in [1.82, 2.24) is 14.8 Å². The highest BCUT2D eigenvalue weighted by Gasteiger charge is 2.42. The SMILES string of the molecule is COC(=O)C(C)NC(=O)N1CCC2(CC1)Nc1cc(OC)ccc1-n1cccc12. The lowest BCUT2D eigenvalue weighted by atomic mass is 9.82. The Morgan fingerprint density at radius 2 is 1.97 bits per heavy atom. The van der Waals surface area contributed by atoms with E-state index in [0.29, 0.717) is 13.1 Å². The molecule has 0 saturated carbocycles. The number of nitrogens with one attached hydrogen (secondary N) is 2. The fourth-order valence-corrected chi connectivity index (χ4v) is 4.24. The van der Waals surface area contributed by atoms with Gasteiger partial charge in [-0.1, -0.05) is 0 Å². The summed E-state index contributed by atoms with van der Waals surface area (Å²) in [5.41, 5.74) is 3.04. The molecule has 1 saturated heterocycles. The number of benzene rings is 1. The molecule has 1 unspecified atom stereocenters. The molecule has 8 nitrogen and oxygen atoms in total. The van der Waals surface area contributed by atoms with Crippen LogP contribution in [0, 0.1) is 0 Å². The van der Waals surface area contributed by atoms with Crippen LogP contribution in [-0.2, 0) is 15.1 Å². The van der Waals surface area contributed by atoms with Gasteiger partial charge in [0.25, 0.3) is 0 Å². The van der Waals surface area contributed by atoms with Crippen LogP contribution in [0.4, 0.5) is 10.5 Å². The molecular formula is C21H26N4O4. The Bertz CT molecular complexity index is 931. The van der Waals surface area contributed by atoms with Gasteiger partial charge in [0.1, 0.15) is 11.8 Å². The van der Waals surface area contributed by atoms with E-state index < -0.39 is 12.0 Å². The van der Waals surface area contributed by atoms with Crippen LogP contribution >= 0.6 is 0 Å². The Morgan fingerprint density at radius 3 is 2.66 bits per heavy atom. The number of carbonyl (C=O) groups excluding carboxylic acids is 2. The number of likely N-dealkylation sites (tertiary alicyclic amines) is 1. The van der Waals surface area contributed by atoms with Crippen molar-refractivity contribution >= 4 is 17.7 Å². The van der Waals surface area contributed by atoms with Crippen LogP contribution < -0.4 is 15.4 Å². The monoisotopic (exact) mass is 398 g/mol. The number of hydrogen-bond acceptors (Lipinski definition) is 5. The summed E-state index contributed by atoms with van der Waals surface area (Å²) in [4.78, 5) is 25.9. The fraction of sp³-hybridized carbons (Fsp3) is 0.429. The molecule has 2 N–H and O–H groups in total. The lowest BCUT2D eigenvalue weighted by Gasteiger charge is -2.46. The largest absolute Gasteiger partial charge is 0.497 e. The number of amides is 2. The molecule has 2 aromatic rings. The fourth-order valence-electron chi connectivity index (χ4n) is 4.24. The summed E-state index contributed by atoms with van der Waals surface area (Å²) >= 11 is 0. The van der Waals surface area contributed by atoms with Gasteiger partial charge in [0.15, 0.2) is 0 Å². The van der Waals surface area contributed by atoms with Crippen LogP contribution in [0.15, 0.2) is 36.5 Å². The van der Waals surface area contributed by atoms with Gasteiger partial charge in [-0.2, -0.15) is 0 Å². The van der Waals surface area contributed by atoms with Gasteiger partial charge in [0.2, 0.25) is 0 Å². The highest BCUT2D eigenvalue weighted by molar-refractivity contribution is 5.83. The van der Waals surface area contributed by atoms with E-state index in [1.165, 1.54) is 12.8 Å². The van der Waals surface area contributed by atoms with Gasteiger partial charge in [0.05, 0.1) is 31.1 Å². The maximum atomic E-state index is 12.5. The number of nitrogens with zero attached hydrogens (tertiary/aromatic N) is 2. The normalized spacial score (nSPS) is 17.6. The molecule has 8 heteroatoms. The van der Waals surface area contributed by atoms with E-state index >= 15 is 0 Å². The smallest absolute Gasteiger partial charge is 0.328 e. The van der Waals surface area contributed by atoms with Gasteiger partial charge in [0, 0.05) is 31.0 Å². The van der Waals surface area contributed by atoms with Crippen molar-refractivity contribution in [3.05, 3.63) is 42.2 Å². The number of carbonyl (C=O) groups is 2. The molecule has 3 heterocycles. The summed E-state index contributed by atoms with van der Waals surface area (Å²) in [6.07, 6.45) is 3.59. The lowest BCUT2D eigenvalue weighted by molar-refractivity contribution is -0.142. The average molecular weight is 398 g/mol. The van der Waals surface area contributed by atoms with Crippen LogP contribution in [-0.4, -0.2) is 54.8 Å². The van der Waals surface area contributed by atoms with Crippen molar-refractivity contribution in [3.63, 3.8) is 0 Å². The molecule has 1 spiro atoms. The minimum absolute atomic E-state index is 0.244. The van der Waals surface area contributed by atoms with Gasteiger partial charge in [-0.25, -0.2) is 9.59 Å². The van der Waals surface area contributed by atoms with Gasteiger partial charge < -0.3 is 29.6 Å². The van der Waals surface area contributed by atoms with Gasteiger partial charge in [-0.05, 0) is 44.0 Å². The number of aromatic nitrogens is 1. The first-order chi connectivity index (χ1) is 14.0. The number of methoxy groups -OCH3 is 2. The van der Waals surface area contributed by atoms with Gasteiger partial charge in [-0.3, -0.25) is 0 Å². The predicted octanol–water partition coefficient (Wildman–Crippen LogP) is 2.47. The molecule has 1 atom stereocenters. The van der Waals surface area contributed by atoms with Gasteiger partial charge >= 0.3 is 12.0 Å². The topological polar surface area (TPSA) is 84.8 Å². The first kappa shape index (κ1) is 19.2. The number of hydrogen-bond donors (Lipinski definition) is 2. The second kappa shape index (κ2) is 7.35. The van der Waals surface area contributed by atoms with E-state index in [1.54, 1.807) is 18.9 Å². The molecule has 2 amide bonds. The van der Waals surface area contributed by atoms with E-state index in [0.717, 1.165) is 30.0 Å². The van der Waals surface area contributed by atoms with E-state index in [-0.39, 0.29) is 11.6 Å². The van der Waals surface area contributed by atoms with Crippen molar-refractivity contribution in [1.29, 1.82) is 0 Å². The summed E-state index contributed by atoms with van der Waals surface area (Å²) in [6.45, 7) is 2.78. The van der Waals surface area contributed by atoms with Crippen molar-refractivity contribution in [3.8, 4) is 11.4 Å². The number of piperidine rings is 1. The molecule has 1 aromatic carbocycles. The standard InChI is InChI=1S/C21H26N4O4/c1-14(19(26)29-3)22-20(27)24-11-8-21(9-12-24)18-5-4-10-25(18)17-7-6-15(28-2)13-16(17)23-21/h4-7,10,13-14,23H,8-9,11-12H2,1-3H3,(H,22,27). The molecule has 2 aliphatic rings. The first-order valence-corrected chi connectivity index (χ1v) is 9.75. The predicted molar refractivity (Wildman–Crippen MR) is 108 cm³/mol. The molecule has 29 heavy (non-hydrogen) atoms. The molecule has 4 rings (SSSR count). The molecule has 0 radical (unpaired) electrons. The Balaban J connectivity index is 1.52. The molecule has 0 bridgehead atoms. The summed E-state index contributed by atoms with van der Waals surface area (Å²) in [6, 6.07) is 9.28. The maximum Gasteiger partial charge on any atom is 0.328 e. The minimum atomic E-state index is -0.673.